The maximum Gasteiger partial charge on any atom is 0.272 e. The molecule has 1 unspecified atom stereocenters. The third kappa shape index (κ3) is 3.06. The molecule has 0 aromatic carbocycles. The fourth-order valence-electron chi connectivity index (χ4n) is 3.93. The van der Waals surface area contributed by atoms with Crippen molar-refractivity contribution >= 4 is 11.8 Å². The van der Waals surface area contributed by atoms with Crippen LogP contribution >= 0.6 is 0 Å². The summed E-state index contributed by atoms with van der Waals surface area (Å²) < 4.78 is 1.80. The van der Waals surface area contributed by atoms with Gasteiger partial charge >= 0.3 is 0 Å². The van der Waals surface area contributed by atoms with E-state index in [1.165, 1.54) is 0 Å². The standard InChI is InChI=1S/C18H28N4O2/c1-4-22-15(11-14(20-22)10-13(2)3)16(23)21-9-7-18(12-21)6-5-8-19-17(18)24/h11,13H,4-10,12H2,1-3H3,(H,19,24). The lowest BCUT2D eigenvalue weighted by Gasteiger charge is -2.32. The summed E-state index contributed by atoms with van der Waals surface area (Å²) in [5.74, 6) is 0.636. The van der Waals surface area contributed by atoms with E-state index >= 15 is 0 Å². The Morgan fingerprint density at radius 1 is 1.42 bits per heavy atom. The summed E-state index contributed by atoms with van der Waals surface area (Å²) in [7, 11) is 0. The van der Waals surface area contributed by atoms with E-state index in [1.54, 1.807) is 4.68 Å². The van der Waals surface area contributed by atoms with Crippen molar-refractivity contribution in [1.82, 2.24) is 20.0 Å². The first-order valence-electron chi connectivity index (χ1n) is 9.09. The highest BCUT2D eigenvalue weighted by molar-refractivity contribution is 5.94. The summed E-state index contributed by atoms with van der Waals surface area (Å²) >= 11 is 0. The van der Waals surface area contributed by atoms with Crippen LogP contribution in [0.2, 0.25) is 0 Å². The molecule has 2 aliphatic rings. The molecule has 2 aliphatic heterocycles. The lowest BCUT2D eigenvalue weighted by Crippen LogP contribution is -2.48. The van der Waals surface area contributed by atoms with Gasteiger partial charge in [-0.2, -0.15) is 5.10 Å². The highest BCUT2D eigenvalue weighted by Crippen LogP contribution is 2.37. The number of carbonyl (C=O) groups is 2. The Balaban J connectivity index is 1.77. The number of likely N-dealkylation sites (tertiary alicyclic amines) is 1. The molecule has 1 atom stereocenters. The summed E-state index contributed by atoms with van der Waals surface area (Å²) in [5, 5.41) is 7.54. The molecule has 1 N–H and O–H groups in total. The lowest BCUT2D eigenvalue weighted by molar-refractivity contribution is -0.132. The van der Waals surface area contributed by atoms with Crippen molar-refractivity contribution in [3.63, 3.8) is 0 Å². The van der Waals surface area contributed by atoms with Crippen LogP contribution in [0.1, 0.15) is 56.2 Å². The number of nitrogens with zero attached hydrogens (tertiary/aromatic N) is 3. The minimum Gasteiger partial charge on any atom is -0.356 e. The molecular weight excluding hydrogens is 304 g/mol. The molecule has 3 heterocycles. The van der Waals surface area contributed by atoms with Crippen LogP contribution in [0.15, 0.2) is 6.07 Å². The maximum absolute atomic E-state index is 13.0. The maximum atomic E-state index is 13.0. The van der Waals surface area contributed by atoms with E-state index in [2.05, 4.69) is 24.3 Å². The third-order valence-electron chi connectivity index (χ3n) is 5.21. The molecule has 1 spiro atoms. The zero-order chi connectivity index (χ0) is 17.3. The molecule has 0 aliphatic carbocycles. The van der Waals surface area contributed by atoms with Gasteiger partial charge in [0.25, 0.3) is 5.91 Å². The number of hydrogen-bond donors (Lipinski definition) is 1. The number of piperidine rings is 1. The van der Waals surface area contributed by atoms with Gasteiger partial charge < -0.3 is 10.2 Å². The number of hydrogen-bond acceptors (Lipinski definition) is 3. The van der Waals surface area contributed by atoms with E-state index in [9.17, 15) is 9.59 Å². The van der Waals surface area contributed by atoms with Crippen molar-refractivity contribution in [2.45, 2.75) is 53.0 Å². The number of aromatic nitrogens is 2. The van der Waals surface area contributed by atoms with Crippen LogP contribution in [0.4, 0.5) is 0 Å². The Morgan fingerprint density at radius 2 is 2.21 bits per heavy atom. The number of aryl methyl sites for hydroxylation is 1. The Morgan fingerprint density at radius 3 is 2.88 bits per heavy atom. The lowest BCUT2D eigenvalue weighted by atomic mass is 9.79. The molecule has 0 bridgehead atoms. The Kier molecular flexibility index (Phi) is 4.65. The van der Waals surface area contributed by atoms with Crippen LogP contribution in [-0.4, -0.2) is 46.1 Å². The molecule has 6 heteroatoms. The molecule has 24 heavy (non-hydrogen) atoms. The van der Waals surface area contributed by atoms with E-state index < -0.39 is 0 Å². The van der Waals surface area contributed by atoms with Gasteiger partial charge in [0, 0.05) is 26.2 Å². The van der Waals surface area contributed by atoms with E-state index in [0.29, 0.717) is 31.2 Å². The van der Waals surface area contributed by atoms with Crippen LogP contribution in [0.25, 0.3) is 0 Å². The van der Waals surface area contributed by atoms with Gasteiger partial charge in [-0.25, -0.2) is 0 Å². The predicted molar refractivity (Wildman–Crippen MR) is 91.6 cm³/mol. The largest absolute Gasteiger partial charge is 0.356 e. The topological polar surface area (TPSA) is 67.2 Å². The second kappa shape index (κ2) is 6.57. The van der Waals surface area contributed by atoms with Gasteiger partial charge in [-0.1, -0.05) is 13.8 Å². The van der Waals surface area contributed by atoms with Crippen molar-refractivity contribution in [2.24, 2.45) is 11.3 Å². The van der Waals surface area contributed by atoms with Gasteiger partial charge in [-0.05, 0) is 44.6 Å². The minimum atomic E-state index is -0.369. The molecule has 1 aromatic rings. The Hall–Kier alpha value is -1.85. The summed E-state index contributed by atoms with van der Waals surface area (Å²) in [4.78, 5) is 27.1. The third-order valence-corrected chi connectivity index (χ3v) is 5.21. The molecule has 132 valence electrons. The molecular formula is C18H28N4O2. The van der Waals surface area contributed by atoms with Crippen LogP contribution in [0, 0.1) is 11.3 Å². The Labute approximate surface area is 143 Å². The minimum absolute atomic E-state index is 0.00889. The van der Waals surface area contributed by atoms with Gasteiger partial charge in [-0.3, -0.25) is 14.3 Å². The first-order chi connectivity index (χ1) is 11.4. The SMILES string of the molecule is CCn1nc(CC(C)C)cc1C(=O)N1CCC2(CCCNC2=O)C1. The van der Waals surface area contributed by atoms with Crippen molar-refractivity contribution in [1.29, 1.82) is 0 Å². The first-order valence-corrected chi connectivity index (χ1v) is 9.09. The van der Waals surface area contributed by atoms with Gasteiger partial charge in [0.15, 0.2) is 0 Å². The number of rotatable bonds is 4. The summed E-state index contributed by atoms with van der Waals surface area (Å²) in [6, 6.07) is 1.93. The zero-order valence-corrected chi connectivity index (χ0v) is 15.0. The quantitative estimate of drug-likeness (QED) is 0.915. The number of carbonyl (C=O) groups excluding carboxylic acids is 2. The van der Waals surface area contributed by atoms with Crippen LogP contribution in [0.3, 0.4) is 0 Å². The van der Waals surface area contributed by atoms with E-state index in [0.717, 1.165) is 37.9 Å². The average Bonchev–Trinajstić information content (AvgIpc) is 3.14. The molecule has 1 aromatic heterocycles. The first kappa shape index (κ1) is 17.0. The van der Waals surface area contributed by atoms with E-state index in [4.69, 9.17) is 0 Å². The molecule has 2 amide bonds. The van der Waals surface area contributed by atoms with Gasteiger partial charge in [0.1, 0.15) is 5.69 Å². The molecule has 3 rings (SSSR count). The summed E-state index contributed by atoms with van der Waals surface area (Å²) in [6.07, 6.45) is 3.52. The second-order valence-electron chi connectivity index (χ2n) is 7.55. The normalized spacial score (nSPS) is 24.0. The smallest absolute Gasteiger partial charge is 0.272 e. The fraction of sp³-hybridized carbons (Fsp3) is 0.722. The fourth-order valence-corrected chi connectivity index (χ4v) is 3.93. The molecule has 2 saturated heterocycles. The number of amides is 2. The van der Waals surface area contributed by atoms with Gasteiger partial charge in [0.05, 0.1) is 11.1 Å². The monoisotopic (exact) mass is 332 g/mol. The highest BCUT2D eigenvalue weighted by atomic mass is 16.2. The highest BCUT2D eigenvalue weighted by Gasteiger charge is 2.47. The zero-order valence-electron chi connectivity index (χ0n) is 15.0. The molecule has 0 radical (unpaired) electrons. The van der Waals surface area contributed by atoms with Crippen molar-refractivity contribution in [3.8, 4) is 0 Å². The summed E-state index contributed by atoms with van der Waals surface area (Å²) in [5.41, 5.74) is 1.26. The number of nitrogens with one attached hydrogen (secondary N) is 1. The summed E-state index contributed by atoms with van der Waals surface area (Å²) in [6.45, 7) is 8.93. The van der Waals surface area contributed by atoms with E-state index in [-0.39, 0.29) is 17.2 Å². The van der Waals surface area contributed by atoms with Crippen LogP contribution in [-0.2, 0) is 17.8 Å². The van der Waals surface area contributed by atoms with Crippen molar-refractivity contribution < 1.29 is 9.59 Å². The molecule has 0 saturated carbocycles. The van der Waals surface area contributed by atoms with Crippen molar-refractivity contribution in [2.75, 3.05) is 19.6 Å². The molecule has 6 nitrogen and oxygen atoms in total. The second-order valence-corrected chi connectivity index (χ2v) is 7.55. The predicted octanol–water partition coefficient (Wildman–Crippen LogP) is 1.84. The average molecular weight is 332 g/mol. The Bertz CT molecular complexity index is 637. The molecule has 2 fully saturated rings. The van der Waals surface area contributed by atoms with Crippen LogP contribution in [0.5, 0.6) is 0 Å². The van der Waals surface area contributed by atoms with Gasteiger partial charge in [0.2, 0.25) is 5.91 Å². The van der Waals surface area contributed by atoms with Crippen LogP contribution < -0.4 is 5.32 Å². The van der Waals surface area contributed by atoms with Gasteiger partial charge in [-0.15, -0.1) is 0 Å². The van der Waals surface area contributed by atoms with E-state index in [1.807, 2.05) is 17.9 Å². The van der Waals surface area contributed by atoms with Crippen molar-refractivity contribution in [3.05, 3.63) is 17.5 Å².